The van der Waals surface area contributed by atoms with Crippen LogP contribution in [0.2, 0.25) is 5.02 Å². The van der Waals surface area contributed by atoms with E-state index in [0.717, 1.165) is 36.8 Å². The molecule has 1 amide bonds. The van der Waals surface area contributed by atoms with Crippen molar-refractivity contribution in [3.8, 4) is 0 Å². The second-order valence-electron chi connectivity index (χ2n) is 6.58. The lowest BCUT2D eigenvalue weighted by Crippen LogP contribution is -3.06. The fourth-order valence-corrected chi connectivity index (χ4v) is 3.68. The van der Waals surface area contributed by atoms with Crippen molar-refractivity contribution in [2.75, 3.05) is 25.2 Å². The zero-order valence-corrected chi connectivity index (χ0v) is 17.9. The maximum Gasteiger partial charge on any atom is 0.236 e. The van der Waals surface area contributed by atoms with Gasteiger partial charge < -0.3 is 14.8 Å². The molecule has 0 saturated heterocycles. The fourth-order valence-electron chi connectivity index (χ4n) is 2.80. The standard InChI is InChI=1S/C18H27ClN6OS/c1-5-7-10-25-17(14(6-2)24(3)4)22-23-18(25)27-12-16(26)21-15-9-8-13(19)11-20-15/h8-9,11,14H,5-7,10,12H2,1-4H3,(H,20,21,26)/p+1/t14-/m0/s1. The van der Waals surface area contributed by atoms with Crippen LogP contribution in [0.3, 0.4) is 0 Å². The molecule has 0 aliphatic rings. The summed E-state index contributed by atoms with van der Waals surface area (Å²) in [4.78, 5) is 17.6. The Bertz CT molecular complexity index is 734. The van der Waals surface area contributed by atoms with Crippen LogP contribution in [-0.2, 0) is 11.3 Å². The van der Waals surface area contributed by atoms with E-state index in [1.807, 2.05) is 0 Å². The molecule has 2 aromatic heterocycles. The van der Waals surface area contributed by atoms with Crippen LogP contribution in [0.25, 0.3) is 0 Å². The highest BCUT2D eigenvalue weighted by molar-refractivity contribution is 7.99. The number of anilines is 1. The Morgan fingerprint density at radius 1 is 1.33 bits per heavy atom. The molecule has 9 heteroatoms. The number of thioether (sulfide) groups is 1. The molecule has 0 fully saturated rings. The maximum atomic E-state index is 12.2. The van der Waals surface area contributed by atoms with Gasteiger partial charge in [0.2, 0.25) is 5.91 Å². The third kappa shape index (κ3) is 6.19. The first-order chi connectivity index (χ1) is 13.0. The summed E-state index contributed by atoms with van der Waals surface area (Å²) in [5, 5.41) is 12.9. The number of hydrogen-bond donors (Lipinski definition) is 2. The molecule has 0 aliphatic carbocycles. The molecule has 0 saturated carbocycles. The Balaban J connectivity index is 2.06. The van der Waals surface area contributed by atoms with E-state index >= 15 is 0 Å². The van der Waals surface area contributed by atoms with Crippen molar-refractivity contribution in [2.24, 2.45) is 0 Å². The minimum absolute atomic E-state index is 0.133. The normalized spacial score (nSPS) is 12.4. The average Bonchev–Trinajstić information content (AvgIpc) is 3.03. The molecule has 2 N–H and O–H groups in total. The lowest BCUT2D eigenvalue weighted by atomic mass is 10.2. The summed E-state index contributed by atoms with van der Waals surface area (Å²) in [7, 11) is 4.26. The van der Waals surface area contributed by atoms with Crippen LogP contribution in [0.4, 0.5) is 5.82 Å². The number of rotatable bonds is 10. The number of carbonyl (C=O) groups is 1. The lowest BCUT2D eigenvalue weighted by molar-refractivity contribution is -0.893. The van der Waals surface area contributed by atoms with Crippen molar-refractivity contribution < 1.29 is 9.69 Å². The smallest absolute Gasteiger partial charge is 0.236 e. The minimum atomic E-state index is -0.133. The molecule has 2 aromatic rings. The van der Waals surface area contributed by atoms with Gasteiger partial charge in [0.1, 0.15) is 11.9 Å². The largest absolute Gasteiger partial charge is 0.331 e. The van der Waals surface area contributed by atoms with Gasteiger partial charge in [-0.1, -0.05) is 43.6 Å². The Labute approximate surface area is 169 Å². The summed E-state index contributed by atoms with van der Waals surface area (Å²) in [6, 6.07) is 3.66. The van der Waals surface area contributed by atoms with E-state index in [1.165, 1.54) is 22.9 Å². The highest BCUT2D eigenvalue weighted by Gasteiger charge is 2.25. The highest BCUT2D eigenvalue weighted by atomic mass is 35.5. The molecule has 7 nitrogen and oxygen atoms in total. The van der Waals surface area contributed by atoms with E-state index < -0.39 is 0 Å². The Kier molecular flexibility index (Phi) is 8.53. The topological polar surface area (TPSA) is 77.1 Å². The van der Waals surface area contributed by atoms with Gasteiger partial charge in [0, 0.05) is 19.2 Å². The van der Waals surface area contributed by atoms with Crippen LogP contribution >= 0.6 is 23.4 Å². The van der Waals surface area contributed by atoms with E-state index in [1.54, 1.807) is 12.1 Å². The number of pyridine rings is 1. The van der Waals surface area contributed by atoms with E-state index in [-0.39, 0.29) is 17.7 Å². The number of unbranched alkanes of at least 4 members (excludes halogenated alkanes) is 1. The van der Waals surface area contributed by atoms with Gasteiger partial charge in [0.05, 0.1) is 24.9 Å². The lowest BCUT2D eigenvalue weighted by Gasteiger charge is -2.20. The molecule has 0 unspecified atom stereocenters. The summed E-state index contributed by atoms with van der Waals surface area (Å²) < 4.78 is 2.17. The number of nitrogens with zero attached hydrogens (tertiary/aromatic N) is 4. The molecule has 148 valence electrons. The molecular weight excluding hydrogens is 384 g/mol. The van der Waals surface area contributed by atoms with Crippen molar-refractivity contribution in [1.82, 2.24) is 19.7 Å². The third-order valence-corrected chi connectivity index (χ3v) is 5.42. The molecule has 27 heavy (non-hydrogen) atoms. The van der Waals surface area contributed by atoms with E-state index in [2.05, 4.69) is 53.0 Å². The number of nitrogens with one attached hydrogen (secondary N) is 2. The van der Waals surface area contributed by atoms with E-state index in [0.29, 0.717) is 10.8 Å². The second kappa shape index (κ2) is 10.6. The second-order valence-corrected chi connectivity index (χ2v) is 7.96. The SMILES string of the molecule is CCCCn1c(SCC(=O)Nc2ccc(Cl)cn2)nnc1[C@H](CC)[NH+](C)C. The van der Waals surface area contributed by atoms with Crippen LogP contribution in [0.5, 0.6) is 0 Å². The van der Waals surface area contributed by atoms with Crippen molar-refractivity contribution in [3.63, 3.8) is 0 Å². The summed E-state index contributed by atoms with van der Waals surface area (Å²) in [6.07, 6.45) is 4.64. The van der Waals surface area contributed by atoms with Crippen LogP contribution < -0.4 is 10.2 Å². The number of halogens is 1. The van der Waals surface area contributed by atoms with Crippen molar-refractivity contribution in [3.05, 3.63) is 29.2 Å². The molecule has 1 atom stereocenters. The van der Waals surface area contributed by atoms with Gasteiger partial charge in [0.15, 0.2) is 11.0 Å². The monoisotopic (exact) mass is 411 g/mol. The summed E-state index contributed by atoms with van der Waals surface area (Å²) in [5.74, 6) is 1.60. The number of carbonyl (C=O) groups excluding carboxylic acids is 1. The molecule has 0 bridgehead atoms. The van der Waals surface area contributed by atoms with Crippen molar-refractivity contribution >= 4 is 35.1 Å². The number of hydrogen-bond acceptors (Lipinski definition) is 5. The zero-order chi connectivity index (χ0) is 19.8. The van der Waals surface area contributed by atoms with Crippen LogP contribution in [0.1, 0.15) is 45.0 Å². The van der Waals surface area contributed by atoms with Gasteiger partial charge in [-0.15, -0.1) is 10.2 Å². The average molecular weight is 412 g/mol. The zero-order valence-electron chi connectivity index (χ0n) is 16.3. The highest BCUT2D eigenvalue weighted by Crippen LogP contribution is 2.22. The summed E-state index contributed by atoms with van der Waals surface area (Å²) >= 11 is 7.21. The predicted molar refractivity (Wildman–Crippen MR) is 109 cm³/mol. The Hall–Kier alpha value is -1.64. The first-order valence-electron chi connectivity index (χ1n) is 9.23. The number of amides is 1. The van der Waals surface area contributed by atoms with Gasteiger partial charge in [-0.2, -0.15) is 0 Å². The van der Waals surface area contributed by atoms with Gasteiger partial charge in [-0.3, -0.25) is 4.79 Å². The van der Waals surface area contributed by atoms with Gasteiger partial charge in [0.25, 0.3) is 0 Å². The Morgan fingerprint density at radius 3 is 2.70 bits per heavy atom. The molecule has 0 aromatic carbocycles. The molecular formula is C18H28ClN6OS+. The molecule has 0 spiro atoms. The van der Waals surface area contributed by atoms with Gasteiger partial charge >= 0.3 is 0 Å². The third-order valence-electron chi connectivity index (χ3n) is 4.22. The minimum Gasteiger partial charge on any atom is -0.331 e. The first kappa shape index (κ1) is 21.7. The summed E-state index contributed by atoms with van der Waals surface area (Å²) in [6.45, 7) is 5.19. The van der Waals surface area contributed by atoms with Gasteiger partial charge in [-0.25, -0.2) is 4.98 Å². The van der Waals surface area contributed by atoms with Crippen molar-refractivity contribution in [1.29, 1.82) is 0 Å². The summed E-state index contributed by atoms with van der Waals surface area (Å²) in [5.41, 5.74) is 0. The Morgan fingerprint density at radius 2 is 2.11 bits per heavy atom. The van der Waals surface area contributed by atoms with E-state index in [9.17, 15) is 4.79 Å². The quantitative estimate of drug-likeness (QED) is 0.587. The van der Waals surface area contributed by atoms with Crippen LogP contribution in [0.15, 0.2) is 23.5 Å². The van der Waals surface area contributed by atoms with Gasteiger partial charge in [-0.05, 0) is 18.6 Å². The fraction of sp³-hybridized carbons (Fsp3) is 0.556. The van der Waals surface area contributed by atoms with Crippen molar-refractivity contribution in [2.45, 2.75) is 50.9 Å². The number of quaternary nitrogens is 1. The number of aromatic nitrogens is 4. The maximum absolute atomic E-state index is 12.2. The molecule has 2 rings (SSSR count). The van der Waals surface area contributed by atoms with E-state index in [4.69, 9.17) is 11.6 Å². The first-order valence-corrected chi connectivity index (χ1v) is 10.6. The molecule has 0 aliphatic heterocycles. The molecule has 0 radical (unpaired) electrons. The van der Waals surface area contributed by atoms with Crippen LogP contribution in [0, 0.1) is 0 Å². The van der Waals surface area contributed by atoms with Crippen LogP contribution in [-0.4, -0.2) is 45.5 Å². The predicted octanol–water partition coefficient (Wildman–Crippen LogP) is 2.45. The molecule has 2 heterocycles.